The molecule has 0 fully saturated rings. The average Bonchev–Trinajstić information content (AvgIpc) is 2.38. The maximum absolute atomic E-state index is 10.0. The zero-order chi connectivity index (χ0) is 13.2. The third kappa shape index (κ3) is 5.65. The molecule has 102 valence electrons. The number of aliphatic hydroxyl groups excluding tert-OH is 1. The normalized spacial score (nSPS) is 12.6. The minimum absolute atomic E-state index is 0.401. The molecule has 2 nitrogen and oxygen atoms in total. The molecule has 0 saturated carbocycles. The molecule has 0 aliphatic heterocycles. The van der Waals surface area contributed by atoms with E-state index in [2.05, 4.69) is 6.92 Å². The van der Waals surface area contributed by atoms with Crippen molar-refractivity contribution in [2.75, 3.05) is 13.2 Å². The summed E-state index contributed by atoms with van der Waals surface area (Å²) in [4.78, 5) is 0. The molecule has 1 unspecified atom stereocenters. The Morgan fingerprint density at radius 2 is 1.83 bits per heavy atom. The lowest BCUT2D eigenvalue weighted by Crippen LogP contribution is -2.09. The Morgan fingerprint density at radius 1 is 1.11 bits per heavy atom. The monoisotopic (exact) mass is 250 g/mol. The Bertz CT molecular complexity index is 323. The number of unbranched alkanes of at least 4 members (excludes halogenated alkanes) is 4. The second-order valence-corrected chi connectivity index (χ2v) is 4.86. The first-order valence-corrected chi connectivity index (χ1v) is 7.07. The number of aryl methyl sites for hydroxylation is 1. The summed E-state index contributed by atoms with van der Waals surface area (Å²) in [5, 5.41) is 10.0. The molecule has 0 aromatic heterocycles. The molecule has 1 aromatic rings. The van der Waals surface area contributed by atoms with E-state index in [9.17, 15) is 5.11 Å². The first kappa shape index (κ1) is 15.2. The van der Waals surface area contributed by atoms with Gasteiger partial charge in [-0.3, -0.25) is 0 Å². The molecule has 18 heavy (non-hydrogen) atoms. The molecule has 0 bridgehead atoms. The van der Waals surface area contributed by atoms with E-state index in [1.165, 1.54) is 25.7 Å². The average molecular weight is 250 g/mol. The van der Waals surface area contributed by atoms with Crippen LogP contribution in [0, 0.1) is 6.92 Å². The summed E-state index contributed by atoms with van der Waals surface area (Å²) in [6.45, 7) is 5.39. The van der Waals surface area contributed by atoms with Crippen LogP contribution in [0.15, 0.2) is 24.3 Å². The zero-order valence-corrected chi connectivity index (χ0v) is 11.7. The van der Waals surface area contributed by atoms with Crippen molar-refractivity contribution in [3.05, 3.63) is 35.4 Å². The lowest BCUT2D eigenvalue weighted by Gasteiger charge is -2.13. The second kappa shape index (κ2) is 9.12. The first-order valence-electron chi connectivity index (χ1n) is 7.07. The predicted octanol–water partition coefficient (Wildman–Crippen LogP) is 4.02. The van der Waals surface area contributed by atoms with Gasteiger partial charge in [-0.1, -0.05) is 56.9 Å². The molecule has 0 aliphatic rings. The van der Waals surface area contributed by atoms with Gasteiger partial charge in [-0.2, -0.15) is 0 Å². The molecule has 0 radical (unpaired) electrons. The van der Waals surface area contributed by atoms with Crippen LogP contribution < -0.4 is 0 Å². The van der Waals surface area contributed by atoms with Crippen molar-refractivity contribution >= 4 is 0 Å². The summed E-state index contributed by atoms with van der Waals surface area (Å²) in [7, 11) is 0. The summed E-state index contributed by atoms with van der Waals surface area (Å²) < 4.78 is 5.54. The van der Waals surface area contributed by atoms with Crippen LogP contribution in [0.5, 0.6) is 0 Å². The summed E-state index contributed by atoms with van der Waals surface area (Å²) in [5.41, 5.74) is 2.10. The van der Waals surface area contributed by atoms with Gasteiger partial charge in [0.15, 0.2) is 0 Å². The minimum atomic E-state index is -0.498. The number of rotatable bonds is 9. The highest BCUT2D eigenvalue weighted by molar-refractivity contribution is 5.27. The lowest BCUT2D eigenvalue weighted by atomic mass is 10.0. The SMILES string of the molecule is CCCCCCCOCC(O)c1ccccc1C. The number of aliphatic hydroxyl groups is 1. The minimum Gasteiger partial charge on any atom is -0.386 e. The van der Waals surface area contributed by atoms with Gasteiger partial charge in [-0.25, -0.2) is 0 Å². The van der Waals surface area contributed by atoms with E-state index in [4.69, 9.17) is 4.74 Å². The molecule has 0 spiro atoms. The molecular formula is C16H26O2. The maximum Gasteiger partial charge on any atom is 0.103 e. The maximum atomic E-state index is 10.0. The van der Waals surface area contributed by atoms with Crippen LogP contribution in [0.4, 0.5) is 0 Å². The van der Waals surface area contributed by atoms with E-state index in [0.29, 0.717) is 6.61 Å². The highest BCUT2D eigenvalue weighted by Crippen LogP contribution is 2.17. The van der Waals surface area contributed by atoms with E-state index in [1.807, 2.05) is 31.2 Å². The second-order valence-electron chi connectivity index (χ2n) is 4.86. The van der Waals surface area contributed by atoms with E-state index in [-0.39, 0.29) is 0 Å². The summed E-state index contributed by atoms with van der Waals surface area (Å²) >= 11 is 0. The Labute approximate surface area is 111 Å². The van der Waals surface area contributed by atoms with Gasteiger partial charge in [0, 0.05) is 6.61 Å². The van der Waals surface area contributed by atoms with Crippen LogP contribution in [-0.2, 0) is 4.74 Å². The van der Waals surface area contributed by atoms with Gasteiger partial charge in [0.05, 0.1) is 6.61 Å². The van der Waals surface area contributed by atoms with E-state index in [0.717, 1.165) is 24.2 Å². The van der Waals surface area contributed by atoms with Crippen LogP contribution in [-0.4, -0.2) is 18.3 Å². The third-order valence-corrected chi connectivity index (χ3v) is 3.22. The van der Waals surface area contributed by atoms with Crippen molar-refractivity contribution < 1.29 is 9.84 Å². The molecule has 0 aliphatic carbocycles. The van der Waals surface area contributed by atoms with Crippen LogP contribution in [0.3, 0.4) is 0 Å². The summed E-state index contributed by atoms with van der Waals surface area (Å²) in [5.74, 6) is 0. The van der Waals surface area contributed by atoms with Crippen LogP contribution in [0.2, 0.25) is 0 Å². The van der Waals surface area contributed by atoms with E-state index < -0.39 is 6.10 Å². The van der Waals surface area contributed by atoms with Crippen molar-refractivity contribution in [1.29, 1.82) is 0 Å². The number of hydrogen-bond acceptors (Lipinski definition) is 2. The number of hydrogen-bond donors (Lipinski definition) is 1. The van der Waals surface area contributed by atoms with Crippen molar-refractivity contribution in [3.8, 4) is 0 Å². The molecule has 1 rings (SSSR count). The third-order valence-electron chi connectivity index (χ3n) is 3.22. The fourth-order valence-electron chi connectivity index (χ4n) is 2.05. The van der Waals surface area contributed by atoms with Gasteiger partial charge in [0.1, 0.15) is 6.10 Å². The van der Waals surface area contributed by atoms with Crippen molar-refractivity contribution in [2.45, 2.75) is 52.1 Å². The molecule has 0 saturated heterocycles. The van der Waals surface area contributed by atoms with Gasteiger partial charge in [-0.15, -0.1) is 0 Å². The number of ether oxygens (including phenoxy) is 1. The molecule has 1 atom stereocenters. The standard InChI is InChI=1S/C16H26O2/c1-3-4-5-6-9-12-18-13-16(17)15-11-8-7-10-14(15)2/h7-8,10-11,16-17H,3-6,9,12-13H2,1-2H3. The molecule has 0 amide bonds. The van der Waals surface area contributed by atoms with Crippen molar-refractivity contribution in [3.63, 3.8) is 0 Å². The van der Waals surface area contributed by atoms with E-state index in [1.54, 1.807) is 0 Å². The highest BCUT2D eigenvalue weighted by Gasteiger charge is 2.09. The topological polar surface area (TPSA) is 29.5 Å². The summed E-state index contributed by atoms with van der Waals surface area (Å²) in [6, 6.07) is 7.92. The Balaban J connectivity index is 2.14. The lowest BCUT2D eigenvalue weighted by molar-refractivity contribution is 0.0341. The van der Waals surface area contributed by atoms with Crippen LogP contribution in [0.1, 0.15) is 56.3 Å². The molecule has 0 heterocycles. The predicted molar refractivity (Wildman–Crippen MR) is 75.7 cm³/mol. The molecule has 2 heteroatoms. The number of benzene rings is 1. The van der Waals surface area contributed by atoms with Gasteiger partial charge >= 0.3 is 0 Å². The van der Waals surface area contributed by atoms with Gasteiger partial charge in [-0.05, 0) is 24.5 Å². The van der Waals surface area contributed by atoms with Gasteiger partial charge in [0.2, 0.25) is 0 Å². The largest absolute Gasteiger partial charge is 0.386 e. The van der Waals surface area contributed by atoms with Crippen LogP contribution in [0.25, 0.3) is 0 Å². The summed E-state index contributed by atoms with van der Waals surface area (Å²) in [6.07, 6.45) is 5.70. The fraction of sp³-hybridized carbons (Fsp3) is 0.625. The zero-order valence-electron chi connectivity index (χ0n) is 11.7. The smallest absolute Gasteiger partial charge is 0.103 e. The van der Waals surface area contributed by atoms with Crippen LogP contribution >= 0.6 is 0 Å². The van der Waals surface area contributed by atoms with Gasteiger partial charge in [0.25, 0.3) is 0 Å². The quantitative estimate of drug-likeness (QED) is 0.671. The Kier molecular flexibility index (Phi) is 7.70. The fourth-order valence-corrected chi connectivity index (χ4v) is 2.05. The van der Waals surface area contributed by atoms with Crippen molar-refractivity contribution in [1.82, 2.24) is 0 Å². The Hall–Kier alpha value is -0.860. The van der Waals surface area contributed by atoms with Gasteiger partial charge < -0.3 is 9.84 Å². The first-order chi connectivity index (χ1) is 8.75. The van der Waals surface area contributed by atoms with Crippen molar-refractivity contribution in [2.24, 2.45) is 0 Å². The Morgan fingerprint density at radius 3 is 2.56 bits per heavy atom. The molecular weight excluding hydrogens is 224 g/mol. The molecule has 1 aromatic carbocycles. The van der Waals surface area contributed by atoms with E-state index >= 15 is 0 Å². The molecule has 1 N–H and O–H groups in total. The highest BCUT2D eigenvalue weighted by atomic mass is 16.5.